The van der Waals surface area contributed by atoms with Crippen molar-refractivity contribution in [1.82, 2.24) is 0 Å². The van der Waals surface area contributed by atoms with Gasteiger partial charge in [0.1, 0.15) is 0 Å². The molecular formula is C16H22O2S. The second kappa shape index (κ2) is 6.00. The number of rotatable bonds is 7. The molecule has 0 atom stereocenters. The molecule has 1 saturated carbocycles. The Bertz CT molecular complexity index is 433. The van der Waals surface area contributed by atoms with E-state index in [-0.39, 0.29) is 5.41 Å². The summed E-state index contributed by atoms with van der Waals surface area (Å²) in [4.78, 5) is 10.8. The van der Waals surface area contributed by atoms with Gasteiger partial charge in [0.25, 0.3) is 0 Å². The Kier molecular flexibility index (Phi) is 4.56. The van der Waals surface area contributed by atoms with Crippen molar-refractivity contribution in [3.8, 4) is 0 Å². The first kappa shape index (κ1) is 14.4. The van der Waals surface area contributed by atoms with Crippen LogP contribution in [0.25, 0.3) is 0 Å². The predicted octanol–water partition coefficient (Wildman–Crippen LogP) is 4.30. The third kappa shape index (κ3) is 4.27. The largest absolute Gasteiger partial charge is 0.481 e. The van der Waals surface area contributed by atoms with Gasteiger partial charge < -0.3 is 5.11 Å². The van der Waals surface area contributed by atoms with E-state index in [2.05, 4.69) is 38.1 Å². The Morgan fingerprint density at radius 2 is 1.95 bits per heavy atom. The Hall–Kier alpha value is -0.960. The first-order valence-corrected chi connectivity index (χ1v) is 8.05. The third-order valence-corrected chi connectivity index (χ3v) is 5.16. The van der Waals surface area contributed by atoms with Crippen LogP contribution >= 0.6 is 11.8 Å². The summed E-state index contributed by atoms with van der Waals surface area (Å²) in [7, 11) is 0. The van der Waals surface area contributed by atoms with Crippen molar-refractivity contribution in [3.63, 3.8) is 0 Å². The van der Waals surface area contributed by atoms with Gasteiger partial charge in [-0.2, -0.15) is 11.8 Å². The van der Waals surface area contributed by atoms with Gasteiger partial charge in [-0.25, -0.2) is 0 Å². The second-order valence-corrected chi connectivity index (χ2v) is 6.95. The molecule has 0 aliphatic heterocycles. The van der Waals surface area contributed by atoms with Gasteiger partial charge in [-0.1, -0.05) is 38.1 Å². The van der Waals surface area contributed by atoms with Crippen LogP contribution in [0.5, 0.6) is 0 Å². The van der Waals surface area contributed by atoms with Gasteiger partial charge in [-0.3, -0.25) is 4.79 Å². The molecule has 0 amide bonds. The number of thioether (sulfide) groups is 1. The Balaban J connectivity index is 1.78. The van der Waals surface area contributed by atoms with Crippen molar-refractivity contribution in [2.75, 3.05) is 5.75 Å². The number of aliphatic carboxylic acids is 1. The Morgan fingerprint density at radius 1 is 1.32 bits per heavy atom. The zero-order valence-corrected chi connectivity index (χ0v) is 12.5. The van der Waals surface area contributed by atoms with E-state index in [1.54, 1.807) is 0 Å². The number of carboxylic acids is 1. The number of hydrogen-bond acceptors (Lipinski definition) is 2. The normalized spacial score (nSPS) is 16.6. The number of hydrogen-bond donors (Lipinski definition) is 1. The highest BCUT2D eigenvalue weighted by Crippen LogP contribution is 2.51. The smallest absolute Gasteiger partial charge is 0.303 e. The molecule has 0 radical (unpaired) electrons. The van der Waals surface area contributed by atoms with Gasteiger partial charge in [0.15, 0.2) is 0 Å². The molecule has 0 aromatic heterocycles. The molecule has 0 bridgehead atoms. The summed E-state index contributed by atoms with van der Waals surface area (Å²) in [5.41, 5.74) is 2.81. The van der Waals surface area contributed by atoms with Crippen molar-refractivity contribution in [2.45, 2.75) is 44.8 Å². The zero-order valence-electron chi connectivity index (χ0n) is 11.7. The van der Waals surface area contributed by atoms with Crippen molar-refractivity contribution in [2.24, 2.45) is 5.41 Å². The first-order chi connectivity index (χ1) is 9.01. The molecule has 19 heavy (non-hydrogen) atoms. The molecule has 0 unspecified atom stereocenters. The van der Waals surface area contributed by atoms with Crippen molar-refractivity contribution >= 4 is 17.7 Å². The van der Waals surface area contributed by atoms with Gasteiger partial charge in [0, 0.05) is 5.75 Å². The quantitative estimate of drug-likeness (QED) is 0.808. The Morgan fingerprint density at radius 3 is 2.42 bits per heavy atom. The summed E-state index contributed by atoms with van der Waals surface area (Å²) >= 11 is 1.87. The highest BCUT2D eigenvalue weighted by Gasteiger charge is 2.43. The minimum Gasteiger partial charge on any atom is -0.481 e. The zero-order chi connectivity index (χ0) is 13.9. The summed E-state index contributed by atoms with van der Waals surface area (Å²) in [5.74, 6) is 1.89. The molecule has 1 aromatic rings. The number of carboxylic acid groups (broad SMARTS) is 1. The van der Waals surface area contributed by atoms with E-state index < -0.39 is 5.97 Å². The lowest BCUT2D eigenvalue weighted by Gasteiger charge is -2.12. The van der Waals surface area contributed by atoms with Crippen LogP contribution in [-0.2, 0) is 10.5 Å². The minimum atomic E-state index is -0.653. The van der Waals surface area contributed by atoms with Crippen LogP contribution in [0.15, 0.2) is 24.3 Å². The Labute approximate surface area is 119 Å². The molecule has 1 fully saturated rings. The summed E-state index contributed by atoms with van der Waals surface area (Å²) in [5, 5.41) is 8.88. The van der Waals surface area contributed by atoms with E-state index in [1.807, 2.05) is 11.8 Å². The number of carbonyl (C=O) groups is 1. The molecule has 1 aliphatic carbocycles. The van der Waals surface area contributed by atoms with Gasteiger partial charge in [0.2, 0.25) is 0 Å². The van der Waals surface area contributed by atoms with Crippen LogP contribution < -0.4 is 0 Å². The maximum absolute atomic E-state index is 10.8. The fourth-order valence-electron chi connectivity index (χ4n) is 2.25. The summed E-state index contributed by atoms with van der Waals surface area (Å²) < 4.78 is 0. The second-order valence-electron chi connectivity index (χ2n) is 5.96. The van der Waals surface area contributed by atoms with E-state index in [9.17, 15) is 4.79 Å². The molecule has 0 spiro atoms. The number of benzene rings is 1. The van der Waals surface area contributed by atoms with Crippen molar-refractivity contribution in [3.05, 3.63) is 35.4 Å². The van der Waals surface area contributed by atoms with Crippen LogP contribution in [0, 0.1) is 5.41 Å². The maximum atomic E-state index is 10.8. The van der Waals surface area contributed by atoms with Gasteiger partial charge >= 0.3 is 5.97 Å². The van der Waals surface area contributed by atoms with Crippen LogP contribution in [0.3, 0.4) is 0 Å². The van der Waals surface area contributed by atoms with E-state index in [0.29, 0.717) is 12.3 Å². The lowest BCUT2D eigenvalue weighted by Crippen LogP contribution is -2.11. The summed E-state index contributed by atoms with van der Waals surface area (Å²) in [6, 6.07) is 8.79. The minimum absolute atomic E-state index is 0.106. The predicted molar refractivity (Wildman–Crippen MR) is 80.6 cm³/mol. The third-order valence-electron chi connectivity index (χ3n) is 3.81. The van der Waals surface area contributed by atoms with Crippen LogP contribution in [-0.4, -0.2) is 16.8 Å². The monoisotopic (exact) mass is 278 g/mol. The lowest BCUT2D eigenvalue weighted by atomic mass is 10.0. The highest BCUT2D eigenvalue weighted by atomic mass is 32.2. The molecule has 0 saturated heterocycles. The van der Waals surface area contributed by atoms with E-state index in [0.717, 1.165) is 24.3 Å². The standard InChI is InChI=1S/C16H22O2S/c1-12(2)14-5-3-13(4-6-14)10-19-11-16(7-8-16)9-15(17)18/h3-6,12H,7-11H2,1-2H3,(H,17,18). The maximum Gasteiger partial charge on any atom is 0.303 e. The van der Waals surface area contributed by atoms with Gasteiger partial charge in [0.05, 0.1) is 6.42 Å². The molecule has 1 aliphatic rings. The summed E-state index contributed by atoms with van der Waals surface area (Å²) in [6.07, 6.45) is 2.50. The fourth-order valence-corrected chi connectivity index (χ4v) is 3.61. The molecule has 0 heterocycles. The summed E-state index contributed by atoms with van der Waals surface area (Å²) in [6.45, 7) is 4.40. The van der Waals surface area contributed by atoms with Crippen molar-refractivity contribution in [1.29, 1.82) is 0 Å². The van der Waals surface area contributed by atoms with Crippen molar-refractivity contribution < 1.29 is 9.90 Å². The molecule has 1 N–H and O–H groups in total. The molecular weight excluding hydrogens is 256 g/mol. The molecule has 2 nitrogen and oxygen atoms in total. The van der Waals surface area contributed by atoms with Gasteiger partial charge in [-0.05, 0) is 41.1 Å². The lowest BCUT2D eigenvalue weighted by molar-refractivity contribution is -0.138. The van der Waals surface area contributed by atoms with Crippen LogP contribution in [0.4, 0.5) is 0 Å². The van der Waals surface area contributed by atoms with E-state index in [4.69, 9.17) is 5.11 Å². The molecule has 1 aromatic carbocycles. The van der Waals surface area contributed by atoms with Crippen LogP contribution in [0.1, 0.15) is 50.2 Å². The highest BCUT2D eigenvalue weighted by molar-refractivity contribution is 7.98. The average molecular weight is 278 g/mol. The topological polar surface area (TPSA) is 37.3 Å². The SMILES string of the molecule is CC(C)c1ccc(CSCC2(CC(=O)O)CC2)cc1. The van der Waals surface area contributed by atoms with E-state index in [1.165, 1.54) is 11.1 Å². The first-order valence-electron chi connectivity index (χ1n) is 6.89. The van der Waals surface area contributed by atoms with Crippen LogP contribution in [0.2, 0.25) is 0 Å². The fraction of sp³-hybridized carbons (Fsp3) is 0.562. The molecule has 2 rings (SSSR count). The van der Waals surface area contributed by atoms with Gasteiger partial charge in [-0.15, -0.1) is 0 Å². The molecule has 104 valence electrons. The molecule has 3 heteroatoms. The van der Waals surface area contributed by atoms with E-state index >= 15 is 0 Å². The average Bonchev–Trinajstić information content (AvgIpc) is 3.08.